The molecule has 0 spiro atoms. The molecule has 0 N–H and O–H groups in total. The fourth-order valence-corrected chi connectivity index (χ4v) is 5.24. The van der Waals surface area contributed by atoms with Crippen molar-refractivity contribution in [3.63, 3.8) is 0 Å². The van der Waals surface area contributed by atoms with Crippen LogP contribution in [0.25, 0.3) is 0 Å². The highest BCUT2D eigenvalue weighted by Gasteiger charge is 2.34. The van der Waals surface area contributed by atoms with Crippen LogP contribution in [0.5, 0.6) is 0 Å². The Morgan fingerprint density at radius 3 is 2.00 bits per heavy atom. The first kappa shape index (κ1) is 21.2. The van der Waals surface area contributed by atoms with Crippen LogP contribution in [0.4, 0.5) is 0 Å². The third-order valence-corrected chi connectivity index (χ3v) is 6.51. The lowest BCUT2D eigenvalue weighted by atomic mass is 10.1. The summed E-state index contributed by atoms with van der Waals surface area (Å²) >= 11 is 0. The van der Waals surface area contributed by atoms with Gasteiger partial charge in [-0.15, -0.1) is 6.58 Å². The largest absolute Gasteiger partial charge is 0.469 e. The maximum absolute atomic E-state index is 12.0. The van der Waals surface area contributed by atoms with E-state index in [9.17, 15) is 4.79 Å². The number of ether oxygens (including phenoxy) is 1. The molecule has 1 unspecified atom stereocenters. The number of unbranched alkanes of at least 4 members (excludes halogenated alkanes) is 7. The van der Waals surface area contributed by atoms with Crippen LogP contribution in [0, 0.1) is 0 Å². The number of allylic oxidation sites excluding steroid dienone is 2. The van der Waals surface area contributed by atoms with Gasteiger partial charge in [0.1, 0.15) is 0 Å². The van der Waals surface area contributed by atoms with Crippen molar-refractivity contribution in [1.29, 1.82) is 0 Å². The van der Waals surface area contributed by atoms with Crippen LogP contribution >= 0.6 is 0 Å². The van der Waals surface area contributed by atoms with Crippen LogP contribution in [0.2, 0.25) is 25.2 Å². The van der Waals surface area contributed by atoms with Gasteiger partial charge in [0.2, 0.25) is 0 Å². The van der Waals surface area contributed by atoms with Crippen molar-refractivity contribution < 1.29 is 9.53 Å². The highest BCUT2D eigenvalue weighted by atomic mass is 28.3. The van der Waals surface area contributed by atoms with Gasteiger partial charge in [-0.2, -0.15) is 0 Å². The molecular weight excluding hydrogens is 288 g/mol. The summed E-state index contributed by atoms with van der Waals surface area (Å²) in [6, 6.07) is 0. The van der Waals surface area contributed by atoms with E-state index < -0.39 is 8.07 Å². The molecule has 0 fully saturated rings. The Balaban J connectivity index is 4.09. The molecule has 0 saturated carbocycles. The minimum atomic E-state index is -1.58. The van der Waals surface area contributed by atoms with Crippen LogP contribution in [0.15, 0.2) is 24.3 Å². The second kappa shape index (κ2) is 11.7. The molecule has 0 aliphatic carbocycles. The molecule has 0 aromatic heterocycles. The molecule has 3 heteroatoms. The summed E-state index contributed by atoms with van der Waals surface area (Å²) in [5.74, 6) is -0.0601. The number of carbonyl (C=O) groups excluding carboxylic acids is 1. The Morgan fingerprint density at radius 1 is 1.05 bits per heavy atom. The van der Waals surface area contributed by atoms with Gasteiger partial charge < -0.3 is 4.74 Å². The van der Waals surface area contributed by atoms with Crippen molar-refractivity contribution in [2.75, 3.05) is 7.11 Å². The summed E-state index contributed by atoms with van der Waals surface area (Å²) in [5.41, 5.74) is 1.20. The zero-order chi connectivity index (χ0) is 17.0. The van der Waals surface area contributed by atoms with Crippen LogP contribution in [-0.4, -0.2) is 21.2 Å². The van der Waals surface area contributed by atoms with E-state index in [1.165, 1.54) is 51.2 Å². The minimum Gasteiger partial charge on any atom is -0.469 e. The number of carbonyl (C=O) groups is 1. The van der Waals surface area contributed by atoms with Crippen molar-refractivity contribution in [2.45, 2.75) is 83.5 Å². The first-order chi connectivity index (χ1) is 10.3. The highest BCUT2D eigenvalue weighted by molar-refractivity contribution is 6.81. The molecule has 0 aromatic carbocycles. The second-order valence-electron chi connectivity index (χ2n) is 7.26. The van der Waals surface area contributed by atoms with Gasteiger partial charge in [-0.25, -0.2) is 0 Å². The molecule has 0 bridgehead atoms. The lowest BCUT2D eigenvalue weighted by Crippen LogP contribution is -2.35. The van der Waals surface area contributed by atoms with E-state index in [4.69, 9.17) is 4.74 Å². The van der Waals surface area contributed by atoms with Gasteiger partial charge in [-0.3, -0.25) is 4.79 Å². The van der Waals surface area contributed by atoms with E-state index in [2.05, 4.69) is 39.2 Å². The highest BCUT2D eigenvalue weighted by Crippen LogP contribution is 2.31. The maximum Gasteiger partial charge on any atom is 0.309 e. The van der Waals surface area contributed by atoms with Crippen molar-refractivity contribution in [2.24, 2.45) is 0 Å². The molecule has 2 nitrogen and oxygen atoms in total. The normalized spacial score (nSPS) is 13.8. The van der Waals surface area contributed by atoms with Gasteiger partial charge in [-0.1, -0.05) is 63.0 Å². The summed E-state index contributed by atoms with van der Waals surface area (Å²) in [5, 5.41) is 0. The molecule has 0 aliphatic rings. The van der Waals surface area contributed by atoms with Crippen molar-refractivity contribution in [3.8, 4) is 0 Å². The van der Waals surface area contributed by atoms with E-state index >= 15 is 0 Å². The van der Waals surface area contributed by atoms with Gasteiger partial charge in [0.25, 0.3) is 0 Å². The molecule has 1 atom stereocenters. The minimum absolute atomic E-state index is 0.00333. The van der Waals surface area contributed by atoms with Gasteiger partial charge in [0.05, 0.1) is 20.7 Å². The molecular formula is C19H36O2Si. The number of methoxy groups -OCH3 is 1. The zero-order valence-corrected chi connectivity index (χ0v) is 16.4. The van der Waals surface area contributed by atoms with Crippen molar-refractivity contribution >= 4 is 14.0 Å². The standard InChI is InChI=1S/C19H36O2Si/c1-7-8-9-10-11-12-13-14-15-16-17(2)18(19(20)21-3)22(4,5)6/h7,16,18H,1,8-15H2,2-6H3/b17-16-. The second-order valence-corrected chi connectivity index (χ2v) is 12.6. The average Bonchev–Trinajstić information content (AvgIpc) is 2.44. The Kier molecular flexibility index (Phi) is 11.3. The molecule has 0 amide bonds. The van der Waals surface area contributed by atoms with E-state index in [0.29, 0.717) is 0 Å². The van der Waals surface area contributed by atoms with Crippen LogP contribution in [0.1, 0.15) is 58.3 Å². The van der Waals surface area contributed by atoms with Gasteiger partial charge in [0, 0.05) is 0 Å². The lowest BCUT2D eigenvalue weighted by Gasteiger charge is -2.27. The third-order valence-electron chi connectivity index (χ3n) is 4.09. The SMILES string of the molecule is C=CCCCCCCCC/C=C(/C)C(C(=O)OC)[Si](C)(C)C. The third kappa shape index (κ3) is 9.24. The summed E-state index contributed by atoms with van der Waals surface area (Å²) in [4.78, 5) is 12.0. The number of esters is 1. The molecule has 128 valence electrons. The fourth-order valence-electron chi connectivity index (χ4n) is 2.93. The van der Waals surface area contributed by atoms with E-state index in [0.717, 1.165) is 12.8 Å². The molecule has 22 heavy (non-hydrogen) atoms. The molecule has 0 saturated heterocycles. The maximum atomic E-state index is 12.0. The van der Waals surface area contributed by atoms with E-state index in [-0.39, 0.29) is 11.5 Å². The van der Waals surface area contributed by atoms with Crippen LogP contribution in [-0.2, 0) is 9.53 Å². The zero-order valence-electron chi connectivity index (χ0n) is 15.4. The molecule has 0 heterocycles. The summed E-state index contributed by atoms with van der Waals surface area (Å²) in [6.45, 7) is 12.5. The van der Waals surface area contributed by atoms with Gasteiger partial charge in [0.15, 0.2) is 0 Å². The lowest BCUT2D eigenvalue weighted by molar-refractivity contribution is -0.139. The van der Waals surface area contributed by atoms with Crippen LogP contribution in [0.3, 0.4) is 0 Å². The van der Waals surface area contributed by atoms with Crippen molar-refractivity contribution in [1.82, 2.24) is 0 Å². The summed E-state index contributed by atoms with van der Waals surface area (Å²) in [7, 11) is -0.0836. The summed E-state index contributed by atoms with van der Waals surface area (Å²) in [6.07, 6.45) is 14.2. The first-order valence-electron chi connectivity index (χ1n) is 8.70. The number of hydrogen-bond acceptors (Lipinski definition) is 2. The Hall–Kier alpha value is -0.833. The Morgan fingerprint density at radius 2 is 1.55 bits per heavy atom. The Labute approximate surface area is 139 Å². The number of hydrogen-bond donors (Lipinski definition) is 0. The van der Waals surface area contributed by atoms with Crippen molar-refractivity contribution in [3.05, 3.63) is 24.3 Å². The summed E-state index contributed by atoms with van der Waals surface area (Å²) < 4.78 is 5.00. The number of rotatable bonds is 12. The monoisotopic (exact) mass is 324 g/mol. The predicted molar refractivity (Wildman–Crippen MR) is 100 cm³/mol. The predicted octanol–water partition coefficient (Wildman–Crippen LogP) is 6.12. The quantitative estimate of drug-likeness (QED) is 0.187. The fraction of sp³-hybridized carbons (Fsp3) is 0.737. The first-order valence-corrected chi connectivity index (χ1v) is 12.3. The molecule has 0 rings (SSSR count). The van der Waals surface area contributed by atoms with E-state index in [1.54, 1.807) is 0 Å². The average molecular weight is 325 g/mol. The molecule has 0 aliphatic heterocycles. The van der Waals surface area contributed by atoms with Crippen LogP contribution < -0.4 is 0 Å². The van der Waals surface area contributed by atoms with Gasteiger partial charge >= 0.3 is 5.97 Å². The Bertz CT molecular complexity index is 353. The van der Waals surface area contributed by atoms with Gasteiger partial charge in [-0.05, 0) is 32.6 Å². The molecule has 0 radical (unpaired) electrons. The van der Waals surface area contributed by atoms with E-state index in [1.807, 2.05) is 6.08 Å². The smallest absolute Gasteiger partial charge is 0.309 e. The topological polar surface area (TPSA) is 26.3 Å². The molecule has 0 aromatic rings.